The van der Waals surface area contributed by atoms with Crippen LogP contribution in [0.5, 0.6) is 0 Å². The summed E-state index contributed by atoms with van der Waals surface area (Å²) in [5, 5.41) is 5.24. The summed E-state index contributed by atoms with van der Waals surface area (Å²) in [4.78, 5) is 24.0. The van der Waals surface area contributed by atoms with Crippen molar-refractivity contribution in [2.75, 3.05) is 20.6 Å². The summed E-state index contributed by atoms with van der Waals surface area (Å²) < 4.78 is 25.2. The molecule has 0 aromatic heterocycles. The Balaban J connectivity index is 2.88. The van der Waals surface area contributed by atoms with E-state index in [9.17, 15) is 18.0 Å². The van der Waals surface area contributed by atoms with Gasteiger partial charge in [0, 0.05) is 26.2 Å². The van der Waals surface area contributed by atoms with Gasteiger partial charge in [0.25, 0.3) is 5.91 Å². The summed E-state index contributed by atoms with van der Waals surface area (Å²) in [6, 6.07) is 5.00. The third-order valence-electron chi connectivity index (χ3n) is 3.16. The number of hydrogen-bond donors (Lipinski definition) is 2. The van der Waals surface area contributed by atoms with E-state index in [-0.39, 0.29) is 16.4 Å². The molecule has 128 valence electrons. The van der Waals surface area contributed by atoms with Gasteiger partial charge in [0.15, 0.2) is 0 Å². The molecule has 0 fully saturated rings. The molecule has 0 unspecified atom stereocenters. The Kier molecular flexibility index (Phi) is 6.71. The molecular formula is C15H23N3O4S. The van der Waals surface area contributed by atoms with Crippen molar-refractivity contribution in [1.82, 2.24) is 14.9 Å². The van der Waals surface area contributed by atoms with Crippen LogP contribution in [0.1, 0.15) is 30.6 Å². The molecule has 1 atom stereocenters. The van der Waals surface area contributed by atoms with Crippen LogP contribution in [0.25, 0.3) is 0 Å². The van der Waals surface area contributed by atoms with Gasteiger partial charge in [-0.1, -0.05) is 13.0 Å². The fourth-order valence-electron chi connectivity index (χ4n) is 1.76. The average Bonchev–Trinajstić information content (AvgIpc) is 2.52. The molecule has 1 rings (SSSR count). The van der Waals surface area contributed by atoms with E-state index in [1.165, 1.54) is 38.4 Å². The van der Waals surface area contributed by atoms with Gasteiger partial charge >= 0.3 is 0 Å². The normalized spacial score (nSPS) is 12.7. The molecule has 0 saturated carbocycles. The largest absolute Gasteiger partial charge is 0.354 e. The minimum absolute atomic E-state index is 0.0261. The number of carbonyl (C=O) groups excluding carboxylic acids is 2. The van der Waals surface area contributed by atoms with E-state index < -0.39 is 22.0 Å². The highest BCUT2D eigenvalue weighted by molar-refractivity contribution is 7.89. The Hall–Kier alpha value is -1.93. The van der Waals surface area contributed by atoms with Crippen LogP contribution >= 0.6 is 0 Å². The molecule has 0 spiro atoms. The van der Waals surface area contributed by atoms with Crippen molar-refractivity contribution < 1.29 is 18.0 Å². The number of rotatable bonds is 7. The summed E-state index contributed by atoms with van der Waals surface area (Å²) in [6.45, 7) is 4.04. The fraction of sp³-hybridized carbons (Fsp3) is 0.467. The third kappa shape index (κ3) is 5.04. The number of nitrogens with one attached hydrogen (secondary N) is 2. The van der Waals surface area contributed by atoms with Crippen LogP contribution < -0.4 is 10.6 Å². The Morgan fingerprint density at radius 3 is 2.48 bits per heavy atom. The molecule has 0 aliphatic rings. The van der Waals surface area contributed by atoms with Gasteiger partial charge in [-0.15, -0.1) is 0 Å². The molecule has 0 radical (unpaired) electrons. The first kappa shape index (κ1) is 19.1. The second-order valence-electron chi connectivity index (χ2n) is 5.30. The van der Waals surface area contributed by atoms with E-state index >= 15 is 0 Å². The van der Waals surface area contributed by atoms with Crippen LogP contribution in [0.15, 0.2) is 29.2 Å². The van der Waals surface area contributed by atoms with Crippen LogP contribution in [0.3, 0.4) is 0 Å². The number of nitrogens with zero attached hydrogens (tertiary/aromatic N) is 1. The number of sulfonamides is 1. The van der Waals surface area contributed by atoms with Gasteiger partial charge < -0.3 is 10.6 Å². The van der Waals surface area contributed by atoms with Crippen molar-refractivity contribution in [3.63, 3.8) is 0 Å². The zero-order chi connectivity index (χ0) is 17.6. The number of carbonyl (C=O) groups is 2. The van der Waals surface area contributed by atoms with Crippen LogP contribution in [0.4, 0.5) is 0 Å². The molecule has 0 saturated heterocycles. The van der Waals surface area contributed by atoms with E-state index in [0.29, 0.717) is 6.54 Å². The molecule has 23 heavy (non-hydrogen) atoms. The number of amides is 2. The standard InChI is InChI=1S/C15H23N3O4S/c1-5-9-16-14(19)11(2)17-15(20)12-7-6-8-13(10-12)23(21,22)18(3)4/h6-8,10-11H,5,9H2,1-4H3,(H,16,19)(H,17,20)/t11-/m0/s1. The van der Waals surface area contributed by atoms with Crippen molar-refractivity contribution in [2.45, 2.75) is 31.2 Å². The molecule has 0 heterocycles. The number of benzene rings is 1. The fourth-order valence-corrected chi connectivity index (χ4v) is 2.70. The lowest BCUT2D eigenvalue weighted by molar-refractivity contribution is -0.122. The summed E-state index contributed by atoms with van der Waals surface area (Å²) in [5.74, 6) is -0.780. The molecule has 0 aliphatic carbocycles. The lowest BCUT2D eigenvalue weighted by Gasteiger charge is -2.15. The summed E-state index contributed by atoms with van der Waals surface area (Å²) in [5.41, 5.74) is 0.183. The minimum atomic E-state index is -3.62. The zero-order valence-corrected chi connectivity index (χ0v) is 14.6. The predicted octanol–water partition coefficient (Wildman–Crippen LogP) is 0.581. The van der Waals surface area contributed by atoms with E-state index in [1.54, 1.807) is 6.92 Å². The van der Waals surface area contributed by atoms with Crippen molar-refractivity contribution in [3.05, 3.63) is 29.8 Å². The Labute approximate surface area is 137 Å². The Morgan fingerprint density at radius 2 is 1.91 bits per heavy atom. The maximum Gasteiger partial charge on any atom is 0.251 e. The van der Waals surface area contributed by atoms with Gasteiger partial charge in [0.2, 0.25) is 15.9 Å². The van der Waals surface area contributed by atoms with Crippen LogP contribution in [0, 0.1) is 0 Å². The molecule has 8 heteroatoms. The molecule has 0 aliphatic heterocycles. The zero-order valence-electron chi connectivity index (χ0n) is 13.8. The molecule has 2 amide bonds. The lowest BCUT2D eigenvalue weighted by Crippen LogP contribution is -2.45. The summed E-state index contributed by atoms with van der Waals surface area (Å²) in [6.07, 6.45) is 0.802. The highest BCUT2D eigenvalue weighted by Crippen LogP contribution is 2.14. The molecule has 0 bridgehead atoms. The first-order valence-electron chi connectivity index (χ1n) is 7.31. The van der Waals surface area contributed by atoms with Crippen LogP contribution in [-0.4, -0.2) is 51.2 Å². The Bertz CT molecular complexity index is 671. The molecule has 2 N–H and O–H groups in total. The van der Waals surface area contributed by atoms with Crippen molar-refractivity contribution >= 4 is 21.8 Å². The lowest BCUT2D eigenvalue weighted by atomic mass is 10.2. The van der Waals surface area contributed by atoms with E-state index in [0.717, 1.165) is 10.7 Å². The highest BCUT2D eigenvalue weighted by Gasteiger charge is 2.20. The smallest absolute Gasteiger partial charge is 0.251 e. The van der Waals surface area contributed by atoms with Gasteiger partial charge in [-0.3, -0.25) is 9.59 Å². The summed E-state index contributed by atoms with van der Waals surface area (Å²) >= 11 is 0. The van der Waals surface area contributed by atoms with Gasteiger partial charge in [0.1, 0.15) is 6.04 Å². The molecule has 1 aromatic rings. The number of hydrogen-bond acceptors (Lipinski definition) is 4. The van der Waals surface area contributed by atoms with Crippen molar-refractivity contribution in [1.29, 1.82) is 0 Å². The van der Waals surface area contributed by atoms with E-state index in [1.807, 2.05) is 6.92 Å². The monoisotopic (exact) mass is 341 g/mol. The quantitative estimate of drug-likeness (QED) is 0.758. The maximum atomic E-state index is 12.2. The maximum absolute atomic E-state index is 12.2. The van der Waals surface area contributed by atoms with Crippen LogP contribution in [0.2, 0.25) is 0 Å². The van der Waals surface area contributed by atoms with Gasteiger partial charge in [0.05, 0.1) is 4.90 Å². The average molecular weight is 341 g/mol. The second-order valence-corrected chi connectivity index (χ2v) is 7.45. The van der Waals surface area contributed by atoms with E-state index in [4.69, 9.17) is 0 Å². The van der Waals surface area contributed by atoms with Crippen LogP contribution in [-0.2, 0) is 14.8 Å². The topological polar surface area (TPSA) is 95.6 Å². The van der Waals surface area contributed by atoms with Gasteiger partial charge in [-0.05, 0) is 31.5 Å². The molecule has 7 nitrogen and oxygen atoms in total. The molecule has 1 aromatic carbocycles. The molecular weight excluding hydrogens is 318 g/mol. The van der Waals surface area contributed by atoms with Crippen molar-refractivity contribution in [3.8, 4) is 0 Å². The minimum Gasteiger partial charge on any atom is -0.354 e. The first-order valence-corrected chi connectivity index (χ1v) is 8.75. The SMILES string of the molecule is CCCNC(=O)[C@H](C)NC(=O)c1cccc(S(=O)(=O)N(C)C)c1. The predicted molar refractivity (Wildman–Crippen MR) is 87.5 cm³/mol. The second kappa shape index (κ2) is 8.07. The van der Waals surface area contributed by atoms with E-state index in [2.05, 4.69) is 10.6 Å². The van der Waals surface area contributed by atoms with Gasteiger partial charge in [-0.2, -0.15) is 0 Å². The highest BCUT2D eigenvalue weighted by atomic mass is 32.2. The first-order chi connectivity index (χ1) is 10.7. The third-order valence-corrected chi connectivity index (χ3v) is 4.98. The van der Waals surface area contributed by atoms with Gasteiger partial charge in [-0.25, -0.2) is 12.7 Å². The Morgan fingerprint density at radius 1 is 1.26 bits per heavy atom. The van der Waals surface area contributed by atoms with Crippen molar-refractivity contribution in [2.24, 2.45) is 0 Å². The summed E-state index contributed by atoms with van der Waals surface area (Å²) in [7, 11) is -0.778.